The molecular weight excluding hydrogens is 228 g/mol. The van der Waals surface area contributed by atoms with Crippen molar-refractivity contribution in [3.8, 4) is 0 Å². The normalized spacial score (nSPS) is 11.4. The van der Waals surface area contributed by atoms with Crippen molar-refractivity contribution in [2.75, 3.05) is 18.0 Å². The molecule has 0 fully saturated rings. The van der Waals surface area contributed by atoms with Crippen LogP contribution in [-0.4, -0.2) is 34.6 Å². The van der Waals surface area contributed by atoms with E-state index >= 15 is 0 Å². The molecule has 100 valence electrons. The van der Waals surface area contributed by atoms with Gasteiger partial charge in [-0.3, -0.25) is 5.41 Å². The van der Waals surface area contributed by atoms with Gasteiger partial charge in [-0.1, -0.05) is 0 Å². The third-order valence-electron chi connectivity index (χ3n) is 2.67. The number of nitrogens with two attached hydrogens (primary N) is 1. The Labute approximate surface area is 108 Å². The number of aliphatic hydroxyl groups is 1. The number of pyridine rings is 1. The highest BCUT2D eigenvalue weighted by Gasteiger charge is 2.22. The molecule has 0 aliphatic heterocycles. The lowest BCUT2D eigenvalue weighted by Gasteiger charge is -2.30. The van der Waals surface area contributed by atoms with Crippen LogP contribution in [0.1, 0.15) is 31.9 Å². The number of nitrogens with zero attached hydrogens (tertiary/aromatic N) is 2. The van der Waals surface area contributed by atoms with Gasteiger partial charge in [-0.05, 0) is 39.3 Å². The molecule has 0 aromatic carbocycles. The number of hydrogen-bond acceptors (Lipinski definition) is 4. The first-order chi connectivity index (χ1) is 8.26. The second-order valence-electron chi connectivity index (χ2n) is 5.07. The van der Waals surface area contributed by atoms with E-state index in [1.807, 2.05) is 24.8 Å². The summed E-state index contributed by atoms with van der Waals surface area (Å²) in [5.41, 5.74) is 6.36. The second-order valence-corrected chi connectivity index (χ2v) is 5.07. The molecule has 0 bridgehead atoms. The maximum Gasteiger partial charge on any atom is 0.139 e. The van der Waals surface area contributed by atoms with Crippen LogP contribution in [0.2, 0.25) is 0 Å². The van der Waals surface area contributed by atoms with Crippen LogP contribution in [0.4, 0.5) is 5.82 Å². The van der Waals surface area contributed by atoms with Gasteiger partial charge < -0.3 is 15.7 Å². The Balaban J connectivity index is 3.21. The number of rotatable bonds is 5. The standard InChI is InChI=1S/C13H22N4O/c1-5-17(8-13(3,4)18)12-10(11(14)15)9(2)6-7-16-12/h6-7,18H,5,8H2,1-4H3,(H3,14,15). The van der Waals surface area contributed by atoms with Gasteiger partial charge in [0, 0.05) is 19.3 Å². The first-order valence-electron chi connectivity index (χ1n) is 6.03. The van der Waals surface area contributed by atoms with Crippen LogP contribution in [0.3, 0.4) is 0 Å². The topological polar surface area (TPSA) is 86.2 Å². The molecule has 1 rings (SSSR count). The van der Waals surface area contributed by atoms with E-state index in [9.17, 15) is 5.11 Å². The largest absolute Gasteiger partial charge is 0.389 e. The van der Waals surface area contributed by atoms with Gasteiger partial charge in [-0.15, -0.1) is 0 Å². The predicted octanol–water partition coefficient (Wildman–Crippen LogP) is 1.27. The Morgan fingerprint density at radius 1 is 1.56 bits per heavy atom. The summed E-state index contributed by atoms with van der Waals surface area (Å²) in [7, 11) is 0. The molecule has 0 unspecified atom stereocenters. The molecule has 1 aromatic heterocycles. The fourth-order valence-electron chi connectivity index (χ4n) is 1.92. The summed E-state index contributed by atoms with van der Waals surface area (Å²) in [6, 6.07) is 1.83. The first kappa shape index (κ1) is 14.4. The molecule has 0 saturated heterocycles. The van der Waals surface area contributed by atoms with E-state index in [-0.39, 0.29) is 5.84 Å². The van der Waals surface area contributed by atoms with Crippen LogP contribution in [0.5, 0.6) is 0 Å². The van der Waals surface area contributed by atoms with Gasteiger partial charge in [0.25, 0.3) is 0 Å². The highest BCUT2D eigenvalue weighted by atomic mass is 16.3. The monoisotopic (exact) mass is 250 g/mol. The highest BCUT2D eigenvalue weighted by Crippen LogP contribution is 2.22. The number of nitrogen functional groups attached to an aromatic ring is 1. The molecule has 1 heterocycles. The SMILES string of the molecule is CCN(CC(C)(C)O)c1nccc(C)c1C(=N)N. The van der Waals surface area contributed by atoms with E-state index < -0.39 is 5.60 Å². The maximum atomic E-state index is 9.92. The van der Waals surface area contributed by atoms with E-state index in [1.54, 1.807) is 20.0 Å². The van der Waals surface area contributed by atoms with Gasteiger partial charge in [-0.2, -0.15) is 0 Å². The Hall–Kier alpha value is -1.62. The average Bonchev–Trinajstić information content (AvgIpc) is 2.23. The van der Waals surface area contributed by atoms with E-state index in [0.29, 0.717) is 24.5 Å². The molecule has 0 aliphatic carbocycles. The zero-order valence-corrected chi connectivity index (χ0v) is 11.5. The predicted molar refractivity (Wildman–Crippen MR) is 74.2 cm³/mol. The molecule has 0 aliphatic rings. The van der Waals surface area contributed by atoms with Crippen LogP contribution >= 0.6 is 0 Å². The van der Waals surface area contributed by atoms with Crippen LogP contribution in [-0.2, 0) is 0 Å². The molecule has 5 nitrogen and oxygen atoms in total. The summed E-state index contributed by atoms with van der Waals surface area (Å²) in [4.78, 5) is 6.24. The van der Waals surface area contributed by atoms with Crippen molar-refractivity contribution in [2.24, 2.45) is 5.73 Å². The van der Waals surface area contributed by atoms with Gasteiger partial charge in [0.2, 0.25) is 0 Å². The van der Waals surface area contributed by atoms with Crippen molar-refractivity contribution in [3.63, 3.8) is 0 Å². The summed E-state index contributed by atoms with van der Waals surface area (Å²) in [6.45, 7) is 8.53. The van der Waals surface area contributed by atoms with E-state index in [4.69, 9.17) is 11.1 Å². The number of aryl methyl sites for hydroxylation is 1. The van der Waals surface area contributed by atoms with Gasteiger partial charge in [0.1, 0.15) is 11.7 Å². The fourth-order valence-corrected chi connectivity index (χ4v) is 1.92. The summed E-state index contributed by atoms with van der Waals surface area (Å²) >= 11 is 0. The maximum absolute atomic E-state index is 9.92. The zero-order valence-electron chi connectivity index (χ0n) is 11.5. The highest BCUT2D eigenvalue weighted by molar-refractivity contribution is 6.01. The van der Waals surface area contributed by atoms with Gasteiger partial charge in [0.15, 0.2) is 0 Å². The fraction of sp³-hybridized carbons (Fsp3) is 0.538. The summed E-state index contributed by atoms with van der Waals surface area (Å²) in [6.07, 6.45) is 1.70. The quantitative estimate of drug-likeness (QED) is 0.542. The zero-order chi connectivity index (χ0) is 13.9. The van der Waals surface area contributed by atoms with Gasteiger partial charge >= 0.3 is 0 Å². The molecule has 0 spiro atoms. The van der Waals surface area contributed by atoms with Crippen LogP contribution < -0.4 is 10.6 Å². The lowest BCUT2D eigenvalue weighted by Crippen LogP contribution is -2.40. The number of anilines is 1. The second kappa shape index (κ2) is 5.35. The number of aromatic nitrogens is 1. The van der Waals surface area contributed by atoms with Crippen molar-refractivity contribution < 1.29 is 5.11 Å². The third kappa shape index (κ3) is 3.43. The van der Waals surface area contributed by atoms with Crippen molar-refractivity contribution in [1.82, 2.24) is 4.98 Å². The first-order valence-corrected chi connectivity index (χ1v) is 6.03. The minimum atomic E-state index is -0.824. The van der Waals surface area contributed by atoms with E-state index in [0.717, 1.165) is 5.56 Å². The van der Waals surface area contributed by atoms with Crippen molar-refractivity contribution >= 4 is 11.7 Å². The minimum Gasteiger partial charge on any atom is -0.389 e. The Morgan fingerprint density at radius 3 is 2.61 bits per heavy atom. The number of hydrogen-bond donors (Lipinski definition) is 3. The molecule has 0 saturated carbocycles. The van der Waals surface area contributed by atoms with Crippen molar-refractivity contribution in [1.29, 1.82) is 5.41 Å². The molecule has 4 N–H and O–H groups in total. The lowest BCUT2D eigenvalue weighted by atomic mass is 10.1. The number of amidine groups is 1. The average molecular weight is 250 g/mol. The molecular formula is C13H22N4O. The Kier molecular flexibility index (Phi) is 4.29. The van der Waals surface area contributed by atoms with Gasteiger partial charge in [0.05, 0.1) is 11.2 Å². The Morgan fingerprint density at radius 2 is 2.17 bits per heavy atom. The van der Waals surface area contributed by atoms with E-state index in [2.05, 4.69) is 4.98 Å². The smallest absolute Gasteiger partial charge is 0.139 e. The molecule has 5 heteroatoms. The summed E-state index contributed by atoms with van der Waals surface area (Å²) < 4.78 is 0. The van der Waals surface area contributed by atoms with Crippen LogP contribution in [0, 0.1) is 12.3 Å². The van der Waals surface area contributed by atoms with Gasteiger partial charge in [-0.25, -0.2) is 4.98 Å². The summed E-state index contributed by atoms with van der Waals surface area (Å²) in [5.74, 6) is 0.664. The number of likely N-dealkylation sites (N-methyl/N-ethyl adjacent to an activating group) is 1. The third-order valence-corrected chi connectivity index (χ3v) is 2.67. The molecule has 0 radical (unpaired) electrons. The molecule has 0 amide bonds. The minimum absolute atomic E-state index is 0.00444. The van der Waals surface area contributed by atoms with Crippen LogP contribution in [0.25, 0.3) is 0 Å². The van der Waals surface area contributed by atoms with Crippen molar-refractivity contribution in [3.05, 3.63) is 23.4 Å². The molecule has 1 aromatic rings. The van der Waals surface area contributed by atoms with Crippen molar-refractivity contribution in [2.45, 2.75) is 33.3 Å². The number of nitrogens with one attached hydrogen (secondary N) is 1. The lowest BCUT2D eigenvalue weighted by molar-refractivity contribution is 0.0874. The van der Waals surface area contributed by atoms with Crippen LogP contribution in [0.15, 0.2) is 12.3 Å². The van der Waals surface area contributed by atoms with E-state index in [1.165, 1.54) is 0 Å². The summed E-state index contributed by atoms with van der Waals surface area (Å²) in [5, 5.41) is 17.6. The molecule has 0 atom stereocenters. The molecule has 18 heavy (non-hydrogen) atoms. The Bertz CT molecular complexity index is 437.